The van der Waals surface area contributed by atoms with Gasteiger partial charge in [-0.15, -0.1) is 12.4 Å². The van der Waals surface area contributed by atoms with Crippen LogP contribution in [-0.2, 0) is 17.1 Å². The van der Waals surface area contributed by atoms with Gasteiger partial charge < -0.3 is 10.2 Å². The molecule has 0 spiro atoms. The Morgan fingerprint density at radius 3 is 2.00 bits per heavy atom. The molecule has 1 N–H and O–H groups in total. The Morgan fingerprint density at radius 2 is 1.53 bits per heavy atom. The second-order valence-electron chi connectivity index (χ2n) is 9.23. The molecule has 1 heterocycles. The summed E-state index contributed by atoms with van der Waals surface area (Å²) >= 11 is 12.3. The van der Waals surface area contributed by atoms with E-state index in [0.717, 1.165) is 4.90 Å². The van der Waals surface area contributed by atoms with Crippen molar-refractivity contribution in [3.8, 4) is 0 Å². The van der Waals surface area contributed by atoms with Gasteiger partial charge in [0.15, 0.2) is 0 Å². The molecular weight excluding hydrogens is 584 g/mol. The zero-order valence-corrected chi connectivity index (χ0v) is 22.6. The molecule has 0 aliphatic carbocycles. The number of hydrogen-bond donors (Lipinski definition) is 1. The minimum absolute atomic E-state index is 0. The highest BCUT2D eigenvalue weighted by Gasteiger charge is 2.44. The van der Waals surface area contributed by atoms with Gasteiger partial charge >= 0.3 is 12.4 Å². The molecule has 13 heteroatoms. The van der Waals surface area contributed by atoms with E-state index >= 15 is 4.39 Å². The Labute approximate surface area is 232 Å². The van der Waals surface area contributed by atoms with Crippen LogP contribution >= 0.6 is 35.6 Å². The first-order chi connectivity index (χ1) is 17.0. The summed E-state index contributed by atoms with van der Waals surface area (Å²) in [5.74, 6) is -1.67. The molecule has 2 aromatic rings. The van der Waals surface area contributed by atoms with Gasteiger partial charge in [-0.1, -0.05) is 29.3 Å². The molecule has 0 bridgehead atoms. The van der Waals surface area contributed by atoms with E-state index in [-0.39, 0.29) is 41.9 Å². The van der Waals surface area contributed by atoms with Crippen molar-refractivity contribution in [3.05, 3.63) is 68.7 Å². The third-order valence-corrected chi connectivity index (χ3v) is 7.41. The van der Waals surface area contributed by atoms with Gasteiger partial charge in [-0.2, -0.15) is 26.3 Å². The number of nitrogens with one attached hydrogen (secondary N) is 1. The normalized spacial score (nSPS) is 17.3. The molecule has 212 valence electrons. The second-order valence-corrected chi connectivity index (χ2v) is 10.1. The highest BCUT2D eigenvalue weighted by atomic mass is 35.5. The average molecular weight is 610 g/mol. The molecule has 0 radical (unpaired) electrons. The summed E-state index contributed by atoms with van der Waals surface area (Å²) in [6, 6.07) is 4.49. The van der Waals surface area contributed by atoms with Gasteiger partial charge in [0.05, 0.1) is 17.2 Å². The minimum Gasteiger partial charge on any atom is -0.339 e. The molecule has 1 amide bonds. The maximum absolute atomic E-state index is 16.2. The fourth-order valence-corrected chi connectivity index (χ4v) is 5.07. The summed E-state index contributed by atoms with van der Waals surface area (Å²) in [5.41, 5.74) is -4.78. The van der Waals surface area contributed by atoms with Crippen LogP contribution in [0.1, 0.15) is 60.4 Å². The van der Waals surface area contributed by atoms with E-state index in [4.69, 9.17) is 23.2 Å². The highest BCUT2D eigenvalue weighted by Crippen LogP contribution is 2.45. The van der Waals surface area contributed by atoms with Crippen LogP contribution in [0.4, 0.5) is 30.7 Å². The summed E-state index contributed by atoms with van der Waals surface area (Å²) < 4.78 is 96.1. The first-order valence-corrected chi connectivity index (χ1v) is 12.2. The Bertz CT molecular complexity index is 1100. The number of piperidine rings is 1. The summed E-state index contributed by atoms with van der Waals surface area (Å²) in [7, 11) is 1.26. The third kappa shape index (κ3) is 7.46. The molecule has 38 heavy (non-hydrogen) atoms. The van der Waals surface area contributed by atoms with E-state index in [1.54, 1.807) is 0 Å². The lowest BCUT2D eigenvalue weighted by molar-refractivity contribution is -0.143. The van der Waals surface area contributed by atoms with Gasteiger partial charge in [0, 0.05) is 29.4 Å². The molecule has 2 atom stereocenters. The summed E-state index contributed by atoms with van der Waals surface area (Å²) in [6.07, 6.45) is -10.3. The summed E-state index contributed by atoms with van der Waals surface area (Å²) in [6.45, 7) is 2.04. The van der Waals surface area contributed by atoms with Crippen molar-refractivity contribution >= 4 is 41.5 Å². The van der Waals surface area contributed by atoms with Crippen molar-refractivity contribution in [2.45, 2.75) is 56.2 Å². The standard InChI is InChI=1S/C25H25Cl2F7N2O.ClH/c1-14(15-9-16(24(29,30)31)11-17(10-15)25(32,33)34)36(2)22(37)13-20(23(28)5-7-35-8-6-23)19-4-3-18(26)12-21(19)27;/h3-4,9-12,14,20,35H,5-8,13H2,1-2H3;1H/t14-,20?;/m1./s1. The summed E-state index contributed by atoms with van der Waals surface area (Å²) in [5, 5.41) is 3.52. The highest BCUT2D eigenvalue weighted by molar-refractivity contribution is 6.35. The van der Waals surface area contributed by atoms with Crippen molar-refractivity contribution in [1.82, 2.24) is 10.2 Å². The predicted octanol–water partition coefficient (Wildman–Crippen LogP) is 8.24. The number of rotatable bonds is 6. The van der Waals surface area contributed by atoms with Crippen molar-refractivity contribution in [3.63, 3.8) is 0 Å². The molecule has 1 fully saturated rings. The third-order valence-electron chi connectivity index (χ3n) is 6.84. The van der Waals surface area contributed by atoms with Crippen LogP contribution in [0.2, 0.25) is 10.0 Å². The molecule has 0 saturated carbocycles. The SMILES string of the molecule is C[C@H](c1cc(C(F)(F)F)cc(C(F)(F)F)c1)N(C)C(=O)CC(c1ccc(Cl)cc1Cl)C1(F)CCNCC1.Cl. The van der Waals surface area contributed by atoms with Crippen LogP contribution < -0.4 is 5.32 Å². The van der Waals surface area contributed by atoms with Crippen LogP contribution in [-0.4, -0.2) is 36.6 Å². The van der Waals surface area contributed by atoms with E-state index in [1.807, 2.05) is 0 Å². The molecule has 3 rings (SSSR count). The molecule has 1 unspecified atom stereocenters. The fraction of sp³-hybridized carbons (Fsp3) is 0.480. The van der Waals surface area contributed by atoms with Gasteiger partial charge in [0.1, 0.15) is 5.67 Å². The quantitative estimate of drug-likeness (QED) is 0.335. The maximum atomic E-state index is 16.2. The lowest BCUT2D eigenvalue weighted by Gasteiger charge is -2.38. The van der Waals surface area contributed by atoms with Crippen LogP contribution in [0, 0.1) is 0 Å². The van der Waals surface area contributed by atoms with Crippen molar-refractivity contribution in [2.75, 3.05) is 20.1 Å². The van der Waals surface area contributed by atoms with Gasteiger partial charge in [-0.05, 0) is 74.3 Å². The Hall–Kier alpha value is -1.75. The van der Waals surface area contributed by atoms with E-state index in [2.05, 4.69) is 5.32 Å². The molecule has 1 aliphatic rings. The first kappa shape index (κ1) is 32.5. The van der Waals surface area contributed by atoms with E-state index in [1.165, 1.54) is 32.2 Å². The monoisotopic (exact) mass is 608 g/mol. The van der Waals surface area contributed by atoms with Crippen LogP contribution in [0.15, 0.2) is 36.4 Å². The summed E-state index contributed by atoms with van der Waals surface area (Å²) in [4.78, 5) is 14.3. The Morgan fingerprint density at radius 1 is 1.00 bits per heavy atom. The van der Waals surface area contributed by atoms with Crippen molar-refractivity contribution in [1.29, 1.82) is 0 Å². The van der Waals surface area contributed by atoms with Gasteiger partial charge in [0.25, 0.3) is 0 Å². The molecule has 3 nitrogen and oxygen atoms in total. The number of halogens is 10. The molecule has 1 saturated heterocycles. The topological polar surface area (TPSA) is 32.3 Å². The molecule has 2 aromatic carbocycles. The van der Waals surface area contributed by atoms with Gasteiger partial charge in [-0.3, -0.25) is 4.79 Å². The van der Waals surface area contributed by atoms with E-state index in [0.29, 0.717) is 35.8 Å². The lowest BCUT2D eigenvalue weighted by atomic mass is 9.75. The average Bonchev–Trinajstić information content (AvgIpc) is 2.81. The van der Waals surface area contributed by atoms with Crippen LogP contribution in [0.25, 0.3) is 0 Å². The zero-order chi connectivity index (χ0) is 27.8. The Kier molecular flexibility index (Phi) is 10.4. The number of hydrogen-bond acceptors (Lipinski definition) is 2. The predicted molar refractivity (Wildman–Crippen MR) is 135 cm³/mol. The van der Waals surface area contributed by atoms with E-state index < -0.39 is 53.4 Å². The maximum Gasteiger partial charge on any atom is 0.416 e. The number of carbonyl (C=O) groups excluding carboxylic acids is 1. The van der Waals surface area contributed by atoms with E-state index in [9.17, 15) is 31.1 Å². The van der Waals surface area contributed by atoms with Crippen molar-refractivity contribution in [2.24, 2.45) is 0 Å². The van der Waals surface area contributed by atoms with Crippen LogP contribution in [0.5, 0.6) is 0 Å². The second kappa shape index (κ2) is 12.2. The fourth-order valence-electron chi connectivity index (χ4n) is 4.52. The number of benzene rings is 2. The zero-order valence-electron chi connectivity index (χ0n) is 20.3. The van der Waals surface area contributed by atoms with Gasteiger partial charge in [-0.25, -0.2) is 4.39 Å². The number of alkyl halides is 7. The van der Waals surface area contributed by atoms with Crippen LogP contribution in [0.3, 0.4) is 0 Å². The minimum atomic E-state index is -5.02. The first-order valence-electron chi connectivity index (χ1n) is 11.4. The number of nitrogens with zero attached hydrogens (tertiary/aromatic N) is 1. The van der Waals surface area contributed by atoms with Gasteiger partial charge in [0.2, 0.25) is 5.91 Å². The lowest BCUT2D eigenvalue weighted by Crippen LogP contribution is -2.44. The largest absolute Gasteiger partial charge is 0.416 e. The number of amides is 1. The Balaban J connectivity index is 0.00000507. The number of carbonyl (C=O) groups is 1. The molecular formula is C25H26Cl3F7N2O. The smallest absolute Gasteiger partial charge is 0.339 e. The molecule has 1 aliphatic heterocycles. The van der Waals surface area contributed by atoms with Crippen molar-refractivity contribution < 1.29 is 35.5 Å². The molecule has 0 aromatic heterocycles.